The van der Waals surface area contributed by atoms with Crippen LogP contribution in [0, 0.1) is 5.82 Å². The van der Waals surface area contributed by atoms with E-state index in [9.17, 15) is 32.3 Å². The monoisotopic (exact) mass is 489 g/mol. The van der Waals surface area contributed by atoms with E-state index in [1.54, 1.807) is 13.0 Å². The molecule has 0 saturated carbocycles. The van der Waals surface area contributed by atoms with Crippen molar-refractivity contribution in [1.82, 2.24) is 10.2 Å². The maximum absolute atomic E-state index is 14.9. The Balaban J connectivity index is 1.49. The lowest BCUT2D eigenvalue weighted by atomic mass is 9.96. The molecule has 4 rings (SSSR count). The second-order valence-corrected chi connectivity index (χ2v) is 8.25. The van der Waals surface area contributed by atoms with Crippen LogP contribution in [0.3, 0.4) is 0 Å². The van der Waals surface area contributed by atoms with Crippen molar-refractivity contribution in [3.63, 3.8) is 0 Å². The number of imide groups is 1. The van der Waals surface area contributed by atoms with E-state index < -0.39 is 59.0 Å². The average Bonchev–Trinajstić information content (AvgIpc) is 3.16. The highest BCUT2D eigenvalue weighted by atomic mass is 19.3. The molecule has 0 radical (unpaired) electrons. The standard InChI is InChI=1S/C25H23F3N2O5/c1-2-35-19-5-3-4-17(26)22(19)25(27,28)20(31)10-7-14-6-8-16-15(12-14)13-30(24(16)34)18-9-11-21(32)29-23(18)33/h3-6,8,12,18H,2,7,9-11,13H2,1H3,(H,29,32,33)/t18-/m1/s1/i18D. The molecule has 3 amide bonds. The van der Waals surface area contributed by atoms with Gasteiger partial charge in [0.25, 0.3) is 5.91 Å². The molecule has 2 heterocycles. The molecule has 2 aromatic carbocycles. The van der Waals surface area contributed by atoms with Crippen LogP contribution < -0.4 is 10.1 Å². The summed E-state index contributed by atoms with van der Waals surface area (Å²) >= 11 is 0. The number of ketones is 1. The summed E-state index contributed by atoms with van der Waals surface area (Å²) in [6.45, 7) is 1.49. The minimum atomic E-state index is -4.11. The number of hydrogen-bond donors (Lipinski definition) is 1. The second kappa shape index (κ2) is 9.52. The van der Waals surface area contributed by atoms with Crippen molar-refractivity contribution in [3.8, 4) is 5.75 Å². The molecule has 0 unspecified atom stereocenters. The first-order chi connectivity index (χ1) is 17.0. The lowest BCUT2D eigenvalue weighted by Crippen LogP contribution is -2.52. The number of aryl methyl sites for hydroxylation is 1. The molecular formula is C25H23F3N2O5. The molecule has 0 aliphatic carbocycles. The van der Waals surface area contributed by atoms with Gasteiger partial charge < -0.3 is 9.64 Å². The smallest absolute Gasteiger partial charge is 0.336 e. The number of benzene rings is 2. The number of nitrogens with one attached hydrogen (secondary N) is 1. The van der Waals surface area contributed by atoms with Crippen molar-refractivity contribution in [2.24, 2.45) is 0 Å². The first kappa shape index (κ1) is 23.1. The Bertz CT molecular complexity index is 1270. The summed E-state index contributed by atoms with van der Waals surface area (Å²) in [7, 11) is 0. The lowest BCUT2D eigenvalue weighted by molar-refractivity contribution is -0.145. The van der Waals surface area contributed by atoms with E-state index in [1.165, 1.54) is 24.3 Å². The predicted molar refractivity (Wildman–Crippen MR) is 117 cm³/mol. The molecule has 10 heteroatoms. The van der Waals surface area contributed by atoms with E-state index in [0.717, 1.165) is 11.0 Å². The van der Waals surface area contributed by atoms with Gasteiger partial charge in [-0.1, -0.05) is 18.2 Å². The highest BCUT2D eigenvalue weighted by molar-refractivity contribution is 6.05. The van der Waals surface area contributed by atoms with Crippen LogP contribution in [0.15, 0.2) is 36.4 Å². The Morgan fingerprint density at radius 1 is 1.26 bits per heavy atom. The maximum Gasteiger partial charge on any atom is 0.336 e. The summed E-state index contributed by atoms with van der Waals surface area (Å²) in [5, 5.41) is 2.08. The number of fused-ring (bicyclic) bond motifs is 1. The number of carbonyl (C=O) groups is 4. The van der Waals surface area contributed by atoms with Gasteiger partial charge in [-0.2, -0.15) is 8.78 Å². The third-order valence-corrected chi connectivity index (χ3v) is 5.98. The van der Waals surface area contributed by atoms with Crippen molar-refractivity contribution in [1.29, 1.82) is 0 Å². The molecule has 0 bridgehead atoms. The Kier molecular flexibility index (Phi) is 6.27. The first-order valence-electron chi connectivity index (χ1n) is 11.6. The summed E-state index contributed by atoms with van der Waals surface area (Å²) in [4.78, 5) is 50.1. The van der Waals surface area contributed by atoms with E-state index >= 15 is 0 Å². The fourth-order valence-electron chi connectivity index (χ4n) is 4.25. The number of ether oxygens (including phenoxy) is 1. The van der Waals surface area contributed by atoms with Gasteiger partial charge in [0.05, 0.1) is 7.98 Å². The molecule has 0 aromatic heterocycles. The minimum absolute atomic E-state index is 0.0170. The van der Waals surface area contributed by atoms with Crippen LogP contribution in [0.25, 0.3) is 0 Å². The number of Topliss-reactive ketones (excluding diaryl/α,β-unsaturated/α-hetero) is 1. The molecule has 1 saturated heterocycles. The van der Waals surface area contributed by atoms with Crippen LogP contribution in [-0.2, 0) is 33.3 Å². The first-order valence-corrected chi connectivity index (χ1v) is 11.1. The highest BCUT2D eigenvalue weighted by Gasteiger charge is 2.45. The molecule has 7 nitrogen and oxygen atoms in total. The fourth-order valence-corrected chi connectivity index (χ4v) is 4.25. The van der Waals surface area contributed by atoms with E-state index in [4.69, 9.17) is 6.11 Å². The Hall–Kier alpha value is -3.69. The van der Waals surface area contributed by atoms with Gasteiger partial charge in [-0.05, 0) is 49.1 Å². The van der Waals surface area contributed by atoms with Crippen LogP contribution in [-0.4, -0.2) is 41.0 Å². The highest BCUT2D eigenvalue weighted by Crippen LogP contribution is 2.39. The Morgan fingerprint density at radius 3 is 2.74 bits per heavy atom. The molecule has 0 spiro atoms. The summed E-state index contributed by atoms with van der Waals surface area (Å²) in [6.07, 6.45) is -0.927. The van der Waals surface area contributed by atoms with E-state index in [1.807, 2.05) is 0 Å². The summed E-state index contributed by atoms with van der Waals surface area (Å²) in [6, 6.07) is 5.80. The van der Waals surface area contributed by atoms with Crippen molar-refractivity contribution < 1.29 is 38.5 Å². The zero-order valence-corrected chi connectivity index (χ0v) is 18.8. The maximum atomic E-state index is 14.9. The van der Waals surface area contributed by atoms with E-state index in [2.05, 4.69) is 5.32 Å². The number of carbonyl (C=O) groups excluding carboxylic acids is 4. The minimum Gasteiger partial charge on any atom is -0.493 e. The SMILES string of the molecule is [2H][C@@]1(N2Cc3cc(CCC(=O)C(F)(F)c4c(F)cccc4OCC)ccc3C2=O)CCC(=O)NC1=O. The number of rotatable bonds is 8. The molecule has 2 aromatic rings. The number of nitrogens with zero attached hydrogens (tertiary/aromatic N) is 1. The number of piperidine rings is 1. The Morgan fingerprint density at radius 2 is 2.03 bits per heavy atom. The van der Waals surface area contributed by atoms with Crippen LogP contribution in [0.4, 0.5) is 13.2 Å². The topological polar surface area (TPSA) is 92.8 Å². The zero-order valence-electron chi connectivity index (χ0n) is 19.8. The largest absolute Gasteiger partial charge is 0.493 e. The molecule has 1 N–H and O–H groups in total. The predicted octanol–water partition coefficient (Wildman–Crippen LogP) is 3.28. The van der Waals surface area contributed by atoms with Gasteiger partial charge in [0, 0.05) is 24.9 Å². The number of alkyl halides is 2. The van der Waals surface area contributed by atoms with E-state index in [-0.39, 0.29) is 38.0 Å². The zero-order chi connectivity index (χ0) is 26.3. The molecule has 2 aliphatic rings. The molecule has 184 valence electrons. The van der Waals surface area contributed by atoms with Crippen LogP contribution >= 0.6 is 0 Å². The average molecular weight is 489 g/mol. The van der Waals surface area contributed by atoms with Crippen LogP contribution in [0.5, 0.6) is 5.75 Å². The van der Waals surface area contributed by atoms with Crippen LogP contribution in [0.1, 0.15) is 54.6 Å². The molecular weight excluding hydrogens is 465 g/mol. The summed E-state index contributed by atoms with van der Waals surface area (Å²) in [5.74, 6) is -9.19. The summed E-state index contributed by atoms with van der Waals surface area (Å²) < 4.78 is 57.7. The second-order valence-electron chi connectivity index (χ2n) is 8.25. The van der Waals surface area contributed by atoms with Gasteiger partial charge in [-0.3, -0.25) is 24.5 Å². The molecule has 35 heavy (non-hydrogen) atoms. The van der Waals surface area contributed by atoms with Gasteiger partial charge in [0.1, 0.15) is 23.1 Å². The third kappa shape index (κ3) is 4.65. The molecule has 1 fully saturated rings. The number of amides is 3. The van der Waals surface area contributed by atoms with Crippen molar-refractivity contribution >= 4 is 23.5 Å². The fraction of sp³-hybridized carbons (Fsp3) is 0.360. The molecule has 1 atom stereocenters. The Labute approximate surface area is 200 Å². The van der Waals surface area contributed by atoms with Gasteiger partial charge in [0.2, 0.25) is 17.6 Å². The number of hydrogen-bond acceptors (Lipinski definition) is 5. The third-order valence-electron chi connectivity index (χ3n) is 5.98. The summed E-state index contributed by atoms with van der Waals surface area (Å²) in [5.41, 5.74) is 0.102. The van der Waals surface area contributed by atoms with Crippen molar-refractivity contribution in [3.05, 3.63) is 64.5 Å². The van der Waals surface area contributed by atoms with Gasteiger partial charge >= 0.3 is 5.92 Å². The quantitative estimate of drug-likeness (QED) is 0.575. The van der Waals surface area contributed by atoms with Gasteiger partial charge in [-0.25, -0.2) is 4.39 Å². The molecule has 2 aliphatic heterocycles. The van der Waals surface area contributed by atoms with Crippen LogP contribution in [0.2, 0.25) is 0 Å². The number of halogens is 3. The van der Waals surface area contributed by atoms with E-state index in [0.29, 0.717) is 11.1 Å². The van der Waals surface area contributed by atoms with Gasteiger partial charge in [-0.15, -0.1) is 0 Å². The van der Waals surface area contributed by atoms with Crippen molar-refractivity contribution in [2.45, 2.75) is 51.1 Å². The van der Waals surface area contributed by atoms with Crippen molar-refractivity contribution in [2.75, 3.05) is 6.61 Å². The lowest BCUT2D eigenvalue weighted by Gasteiger charge is -2.29. The normalized spacial score (nSPS) is 20.4. The van der Waals surface area contributed by atoms with Gasteiger partial charge in [0.15, 0.2) is 0 Å².